The fourth-order valence-electron chi connectivity index (χ4n) is 1.75. The zero-order chi connectivity index (χ0) is 14.8. The fraction of sp³-hybridized carbons (Fsp3) is 0.625. The molecule has 0 aliphatic carbocycles. The topological polar surface area (TPSA) is 56.5 Å². The molecule has 0 heterocycles. The van der Waals surface area contributed by atoms with Gasteiger partial charge in [-0.2, -0.15) is 0 Å². The maximum Gasteiger partial charge on any atom is 0.144 e. The summed E-state index contributed by atoms with van der Waals surface area (Å²) in [7, 11) is 0. The molecule has 1 rings (SSSR count). The van der Waals surface area contributed by atoms with Crippen molar-refractivity contribution in [1.29, 1.82) is 0 Å². The van der Waals surface area contributed by atoms with Crippen LogP contribution in [-0.4, -0.2) is 26.4 Å². The number of hydrogen-bond donors (Lipinski definition) is 2. The first-order valence-corrected chi connectivity index (χ1v) is 7.48. The monoisotopic (exact) mass is 280 g/mol. The van der Waals surface area contributed by atoms with Crippen LogP contribution in [0.5, 0.6) is 5.75 Å². The van der Waals surface area contributed by atoms with Gasteiger partial charge in [0.1, 0.15) is 5.75 Å². The van der Waals surface area contributed by atoms with Crippen molar-refractivity contribution in [3.8, 4) is 5.75 Å². The van der Waals surface area contributed by atoms with Gasteiger partial charge < -0.3 is 20.5 Å². The minimum atomic E-state index is 0.589. The molecule has 0 saturated carbocycles. The van der Waals surface area contributed by atoms with Crippen molar-refractivity contribution in [2.45, 2.75) is 33.6 Å². The molecule has 0 aliphatic rings. The van der Waals surface area contributed by atoms with Gasteiger partial charge in [-0.1, -0.05) is 26.8 Å². The van der Waals surface area contributed by atoms with Gasteiger partial charge in [-0.25, -0.2) is 0 Å². The summed E-state index contributed by atoms with van der Waals surface area (Å²) in [4.78, 5) is 0. The van der Waals surface area contributed by atoms with Crippen molar-refractivity contribution in [1.82, 2.24) is 0 Å². The summed E-state index contributed by atoms with van der Waals surface area (Å²) < 4.78 is 11.2. The predicted octanol–water partition coefficient (Wildman–Crippen LogP) is 3.53. The molecule has 20 heavy (non-hydrogen) atoms. The van der Waals surface area contributed by atoms with Crippen LogP contribution in [0.4, 0.5) is 11.4 Å². The third kappa shape index (κ3) is 6.15. The zero-order valence-corrected chi connectivity index (χ0v) is 12.9. The largest absolute Gasteiger partial charge is 0.491 e. The van der Waals surface area contributed by atoms with E-state index in [-0.39, 0.29) is 0 Å². The van der Waals surface area contributed by atoms with Crippen molar-refractivity contribution in [2.24, 2.45) is 5.92 Å². The van der Waals surface area contributed by atoms with E-state index < -0.39 is 0 Å². The van der Waals surface area contributed by atoms with Crippen LogP contribution >= 0.6 is 0 Å². The third-order valence-corrected chi connectivity index (χ3v) is 2.76. The van der Waals surface area contributed by atoms with Crippen molar-refractivity contribution in [3.63, 3.8) is 0 Å². The predicted molar refractivity (Wildman–Crippen MR) is 85.4 cm³/mol. The summed E-state index contributed by atoms with van der Waals surface area (Å²) in [6, 6.07) is 5.84. The molecule has 0 fully saturated rings. The van der Waals surface area contributed by atoms with Crippen molar-refractivity contribution >= 4 is 11.4 Å². The number of hydrogen-bond acceptors (Lipinski definition) is 4. The lowest BCUT2D eigenvalue weighted by molar-refractivity contribution is 0.110. The Morgan fingerprint density at radius 3 is 2.75 bits per heavy atom. The molecule has 0 unspecified atom stereocenters. The average Bonchev–Trinajstić information content (AvgIpc) is 2.42. The minimum Gasteiger partial charge on any atom is -0.491 e. The number of nitrogens with one attached hydrogen (secondary N) is 1. The summed E-state index contributed by atoms with van der Waals surface area (Å²) in [5, 5.41) is 3.33. The lowest BCUT2D eigenvalue weighted by atomic mass is 10.2. The number of para-hydroxylation sites is 1. The van der Waals surface area contributed by atoms with E-state index in [1.165, 1.54) is 0 Å². The smallest absolute Gasteiger partial charge is 0.144 e. The molecule has 1 aromatic rings. The number of nitrogens with two attached hydrogens (primary N) is 1. The minimum absolute atomic E-state index is 0.589. The second-order valence-corrected chi connectivity index (χ2v) is 5.31. The zero-order valence-electron chi connectivity index (χ0n) is 12.9. The number of rotatable bonds is 10. The van der Waals surface area contributed by atoms with Crippen LogP contribution in [-0.2, 0) is 4.74 Å². The molecule has 0 aliphatic heterocycles. The molecule has 0 aromatic heterocycles. The first-order valence-electron chi connectivity index (χ1n) is 7.48. The highest BCUT2D eigenvalue weighted by atomic mass is 16.5. The Kier molecular flexibility index (Phi) is 7.88. The van der Waals surface area contributed by atoms with Crippen molar-refractivity contribution in [2.75, 3.05) is 37.4 Å². The van der Waals surface area contributed by atoms with Crippen LogP contribution in [0.1, 0.15) is 33.6 Å². The van der Waals surface area contributed by atoms with Gasteiger partial charge in [-0.3, -0.25) is 0 Å². The maximum absolute atomic E-state index is 6.09. The van der Waals surface area contributed by atoms with Crippen LogP contribution in [0.2, 0.25) is 0 Å². The van der Waals surface area contributed by atoms with E-state index >= 15 is 0 Å². The van der Waals surface area contributed by atoms with Gasteiger partial charge in [0.15, 0.2) is 0 Å². The van der Waals surface area contributed by atoms with Crippen molar-refractivity contribution in [3.05, 3.63) is 18.2 Å². The van der Waals surface area contributed by atoms with Crippen LogP contribution in [0.15, 0.2) is 18.2 Å². The summed E-state index contributed by atoms with van der Waals surface area (Å²) in [5.74, 6) is 1.35. The van der Waals surface area contributed by atoms with Crippen LogP contribution in [0.25, 0.3) is 0 Å². The van der Waals surface area contributed by atoms with Crippen molar-refractivity contribution < 1.29 is 9.47 Å². The number of anilines is 2. The molecule has 0 saturated heterocycles. The van der Waals surface area contributed by atoms with Gasteiger partial charge in [0.2, 0.25) is 0 Å². The molecule has 4 heteroatoms. The molecular weight excluding hydrogens is 252 g/mol. The van der Waals surface area contributed by atoms with Crippen LogP contribution in [0.3, 0.4) is 0 Å². The molecular formula is C16H28N2O2. The van der Waals surface area contributed by atoms with Gasteiger partial charge in [-0.15, -0.1) is 0 Å². The molecule has 0 spiro atoms. The van der Waals surface area contributed by atoms with E-state index in [1.807, 2.05) is 18.2 Å². The lowest BCUT2D eigenvalue weighted by Crippen LogP contribution is -2.10. The van der Waals surface area contributed by atoms with Gasteiger partial charge in [-0.05, 0) is 30.9 Å². The van der Waals surface area contributed by atoms with E-state index in [2.05, 4.69) is 26.1 Å². The Bertz CT molecular complexity index is 381. The Balaban J connectivity index is 2.32. The molecule has 1 aromatic carbocycles. The normalized spacial score (nSPS) is 10.8. The first kappa shape index (κ1) is 16.6. The summed E-state index contributed by atoms with van der Waals surface area (Å²) in [6.45, 7) is 9.52. The molecule has 4 nitrogen and oxygen atoms in total. The first-order chi connectivity index (χ1) is 9.65. The second-order valence-electron chi connectivity index (χ2n) is 5.31. The Morgan fingerprint density at radius 2 is 2.05 bits per heavy atom. The summed E-state index contributed by atoms with van der Waals surface area (Å²) in [5.41, 5.74) is 7.70. The van der Waals surface area contributed by atoms with E-state index in [9.17, 15) is 0 Å². The average molecular weight is 280 g/mol. The van der Waals surface area contributed by atoms with Crippen LogP contribution < -0.4 is 15.8 Å². The Labute approximate surface area is 122 Å². The number of benzene rings is 1. The molecule has 3 N–H and O–H groups in total. The summed E-state index contributed by atoms with van der Waals surface area (Å²) >= 11 is 0. The Morgan fingerprint density at radius 1 is 1.25 bits per heavy atom. The fourth-order valence-corrected chi connectivity index (χ4v) is 1.75. The highest BCUT2D eigenvalue weighted by Crippen LogP contribution is 2.29. The lowest BCUT2D eigenvalue weighted by Gasteiger charge is -2.13. The third-order valence-electron chi connectivity index (χ3n) is 2.76. The molecule has 114 valence electrons. The summed E-state index contributed by atoms with van der Waals surface area (Å²) in [6.07, 6.45) is 1.94. The van der Waals surface area contributed by atoms with E-state index in [1.54, 1.807) is 0 Å². The molecule has 0 amide bonds. The Hall–Kier alpha value is -1.42. The SMILES string of the molecule is CCCOc1cccc(NCCCOCC(C)C)c1N. The van der Waals surface area contributed by atoms with E-state index in [0.717, 1.165) is 44.0 Å². The highest BCUT2D eigenvalue weighted by Gasteiger charge is 2.05. The quantitative estimate of drug-likeness (QED) is 0.508. The standard InChI is InChI=1S/C16H28N2O2/c1-4-10-20-15-8-5-7-14(16(15)17)18-9-6-11-19-12-13(2)3/h5,7-8,13,18H,4,6,9-12,17H2,1-3H3. The number of nitrogen functional groups attached to an aromatic ring is 1. The highest BCUT2D eigenvalue weighted by molar-refractivity contribution is 5.72. The van der Waals surface area contributed by atoms with Crippen LogP contribution in [0, 0.1) is 5.92 Å². The van der Waals surface area contributed by atoms with Gasteiger partial charge >= 0.3 is 0 Å². The number of ether oxygens (including phenoxy) is 2. The van der Waals surface area contributed by atoms with E-state index in [4.69, 9.17) is 15.2 Å². The van der Waals surface area contributed by atoms with E-state index in [0.29, 0.717) is 18.2 Å². The van der Waals surface area contributed by atoms with Gasteiger partial charge in [0, 0.05) is 19.8 Å². The second kappa shape index (κ2) is 9.48. The molecule has 0 bridgehead atoms. The molecule has 0 atom stereocenters. The van der Waals surface area contributed by atoms with Gasteiger partial charge in [0.05, 0.1) is 18.0 Å². The van der Waals surface area contributed by atoms with Gasteiger partial charge in [0.25, 0.3) is 0 Å². The maximum atomic E-state index is 6.09. The molecule has 0 radical (unpaired) electrons.